The second kappa shape index (κ2) is 72.4. The van der Waals surface area contributed by atoms with E-state index in [2.05, 4.69) is 45.1 Å². The molecule has 0 saturated heterocycles. The number of ether oxygens (including phenoxy) is 3. The van der Waals surface area contributed by atoms with E-state index in [4.69, 9.17) is 14.2 Å². The number of hydrogen-bond acceptors (Lipinski definition) is 6. The minimum atomic E-state index is -0.772. The second-order valence-corrected chi connectivity index (χ2v) is 25.9. The van der Waals surface area contributed by atoms with E-state index in [-0.39, 0.29) is 31.1 Å². The first kappa shape index (κ1) is 80.9. The molecule has 0 aromatic carbocycles. The predicted molar refractivity (Wildman–Crippen MR) is 363 cm³/mol. The lowest BCUT2D eigenvalue weighted by Crippen LogP contribution is -2.30. The van der Waals surface area contributed by atoms with Crippen molar-refractivity contribution >= 4 is 17.9 Å². The summed E-state index contributed by atoms with van der Waals surface area (Å²) in [6.45, 7) is 6.72. The largest absolute Gasteiger partial charge is 0.462 e. The quantitative estimate of drug-likeness (QED) is 0.0261. The predicted octanol–water partition coefficient (Wildman–Crippen LogP) is 26.1. The average molecular weight is 1170 g/mol. The van der Waals surface area contributed by atoms with E-state index in [1.807, 2.05) is 0 Å². The molecule has 0 aliphatic rings. The maximum Gasteiger partial charge on any atom is 0.306 e. The smallest absolute Gasteiger partial charge is 0.306 e. The van der Waals surface area contributed by atoms with Crippen molar-refractivity contribution in [1.82, 2.24) is 0 Å². The molecule has 0 aromatic rings. The number of carbonyl (C=O) groups is 3. The average Bonchev–Trinajstić information content (AvgIpc) is 3.49. The van der Waals surface area contributed by atoms with Gasteiger partial charge in [-0.15, -0.1) is 0 Å². The van der Waals surface area contributed by atoms with Crippen LogP contribution in [0, 0.1) is 0 Å². The van der Waals surface area contributed by atoms with Crippen molar-refractivity contribution in [3.63, 3.8) is 0 Å². The minimum Gasteiger partial charge on any atom is -0.462 e. The Hall–Kier alpha value is -2.11. The highest BCUT2D eigenvalue weighted by Crippen LogP contribution is 2.20. The molecule has 0 radical (unpaired) electrons. The molecule has 0 fully saturated rings. The molecular formula is C77H146O6. The third-order valence-corrected chi connectivity index (χ3v) is 17.5. The number of hydrogen-bond donors (Lipinski definition) is 0. The summed E-state index contributed by atoms with van der Waals surface area (Å²) in [4.78, 5) is 38.6. The van der Waals surface area contributed by atoms with E-state index in [0.29, 0.717) is 19.3 Å². The fourth-order valence-electron chi connectivity index (χ4n) is 11.8. The van der Waals surface area contributed by atoms with Crippen LogP contribution in [0.1, 0.15) is 432 Å². The van der Waals surface area contributed by atoms with Gasteiger partial charge in [0.05, 0.1) is 0 Å². The molecule has 0 aromatic heterocycles. The van der Waals surface area contributed by atoms with Crippen LogP contribution in [-0.2, 0) is 28.6 Å². The van der Waals surface area contributed by atoms with E-state index >= 15 is 0 Å². The zero-order valence-electron chi connectivity index (χ0n) is 56.5. The maximum atomic E-state index is 13.0. The van der Waals surface area contributed by atoms with Crippen LogP contribution in [0.2, 0.25) is 0 Å². The molecule has 83 heavy (non-hydrogen) atoms. The summed E-state index contributed by atoms with van der Waals surface area (Å²) in [6.07, 6.45) is 89.3. The van der Waals surface area contributed by atoms with Crippen molar-refractivity contribution in [3.05, 3.63) is 24.3 Å². The molecule has 1 unspecified atom stereocenters. The van der Waals surface area contributed by atoms with Gasteiger partial charge in [-0.1, -0.05) is 385 Å². The van der Waals surface area contributed by atoms with Crippen molar-refractivity contribution in [2.24, 2.45) is 0 Å². The molecule has 0 spiro atoms. The Kier molecular flexibility index (Phi) is 70.5. The molecular weight excluding hydrogens is 1020 g/mol. The molecule has 490 valence electrons. The van der Waals surface area contributed by atoms with Gasteiger partial charge < -0.3 is 14.2 Å². The first-order valence-electron chi connectivity index (χ1n) is 37.8. The zero-order chi connectivity index (χ0) is 59.9. The minimum absolute atomic E-state index is 0.0668. The van der Waals surface area contributed by atoms with Crippen molar-refractivity contribution < 1.29 is 28.6 Å². The van der Waals surface area contributed by atoms with Crippen LogP contribution in [0.3, 0.4) is 0 Å². The summed E-state index contributed by atoms with van der Waals surface area (Å²) < 4.78 is 17.1. The van der Waals surface area contributed by atoms with Crippen LogP contribution in [0.5, 0.6) is 0 Å². The molecule has 6 heteroatoms. The summed E-state index contributed by atoms with van der Waals surface area (Å²) in [6, 6.07) is 0. The monoisotopic (exact) mass is 1170 g/mol. The van der Waals surface area contributed by atoms with Crippen LogP contribution in [0.15, 0.2) is 24.3 Å². The van der Waals surface area contributed by atoms with E-state index in [9.17, 15) is 14.4 Å². The summed E-state index contributed by atoms with van der Waals surface area (Å²) in [7, 11) is 0. The summed E-state index contributed by atoms with van der Waals surface area (Å²) in [5, 5.41) is 0. The molecule has 1 atom stereocenters. The van der Waals surface area contributed by atoms with Gasteiger partial charge in [0, 0.05) is 19.3 Å². The molecule has 0 aliphatic heterocycles. The van der Waals surface area contributed by atoms with Gasteiger partial charge in [-0.05, 0) is 51.4 Å². The molecule has 0 saturated carbocycles. The third-order valence-electron chi connectivity index (χ3n) is 17.5. The Morgan fingerprint density at radius 2 is 0.434 bits per heavy atom. The van der Waals surface area contributed by atoms with Crippen LogP contribution in [0.4, 0.5) is 0 Å². The first-order chi connectivity index (χ1) is 41.0. The van der Waals surface area contributed by atoms with Gasteiger partial charge in [0.15, 0.2) is 6.10 Å². The number of unbranched alkanes of at least 4 members (excludes halogenated alkanes) is 56. The van der Waals surface area contributed by atoms with E-state index in [1.54, 1.807) is 0 Å². The SMILES string of the molecule is CCCCCC/C=C\C/C=C\CCCCCCCCCC(=O)OCC(COC(=O)CCCCCCCCCCCCCCCCCCCCCCCCCCC)OC(=O)CCCCCCCCCCCCCCCCCCCCCCCC. The van der Waals surface area contributed by atoms with Gasteiger partial charge in [0.1, 0.15) is 13.2 Å². The van der Waals surface area contributed by atoms with Crippen molar-refractivity contribution in [3.8, 4) is 0 Å². The maximum absolute atomic E-state index is 13.0. The molecule has 0 heterocycles. The van der Waals surface area contributed by atoms with Crippen LogP contribution < -0.4 is 0 Å². The molecule has 0 bridgehead atoms. The lowest BCUT2D eigenvalue weighted by Gasteiger charge is -2.18. The Balaban J connectivity index is 4.27. The number of carbonyl (C=O) groups excluding carboxylic acids is 3. The van der Waals surface area contributed by atoms with Gasteiger partial charge in [-0.25, -0.2) is 0 Å². The summed E-state index contributed by atoms with van der Waals surface area (Å²) >= 11 is 0. The lowest BCUT2D eigenvalue weighted by atomic mass is 10.0. The summed E-state index contributed by atoms with van der Waals surface area (Å²) in [5.74, 6) is -0.837. The van der Waals surface area contributed by atoms with Gasteiger partial charge in [0.25, 0.3) is 0 Å². The van der Waals surface area contributed by atoms with Crippen LogP contribution >= 0.6 is 0 Å². The fourth-order valence-corrected chi connectivity index (χ4v) is 11.8. The highest BCUT2D eigenvalue weighted by atomic mass is 16.6. The van der Waals surface area contributed by atoms with Crippen LogP contribution in [0.25, 0.3) is 0 Å². The molecule has 0 aliphatic carbocycles. The molecule has 0 N–H and O–H groups in total. The second-order valence-electron chi connectivity index (χ2n) is 25.9. The van der Waals surface area contributed by atoms with E-state index in [1.165, 1.54) is 321 Å². The van der Waals surface area contributed by atoms with Gasteiger partial charge in [0.2, 0.25) is 0 Å². The number of allylic oxidation sites excluding steroid dienone is 4. The highest BCUT2D eigenvalue weighted by molar-refractivity contribution is 5.71. The fraction of sp³-hybridized carbons (Fsp3) is 0.909. The normalized spacial score (nSPS) is 12.1. The Bertz CT molecular complexity index is 1340. The zero-order valence-corrected chi connectivity index (χ0v) is 56.5. The molecule has 0 amide bonds. The Morgan fingerprint density at radius 3 is 0.675 bits per heavy atom. The highest BCUT2D eigenvalue weighted by Gasteiger charge is 2.20. The van der Waals surface area contributed by atoms with Gasteiger partial charge in [-0.3, -0.25) is 14.4 Å². The number of esters is 3. The summed E-state index contributed by atoms with van der Waals surface area (Å²) in [5.41, 5.74) is 0. The Labute approximate surface area is 519 Å². The van der Waals surface area contributed by atoms with Crippen molar-refractivity contribution in [2.45, 2.75) is 438 Å². The van der Waals surface area contributed by atoms with Gasteiger partial charge in [-0.2, -0.15) is 0 Å². The van der Waals surface area contributed by atoms with E-state index in [0.717, 1.165) is 70.6 Å². The first-order valence-corrected chi connectivity index (χ1v) is 37.8. The standard InChI is InChI=1S/C77H146O6/c1-4-7-10-13-16-19-22-25-28-31-34-36-38-39-40-42-43-46-49-52-55-58-61-64-67-70-76(79)82-73-74(72-81-75(78)69-66-63-60-57-54-51-48-45-33-30-27-24-21-18-15-12-9-6-3)83-77(80)71-68-65-62-59-56-53-50-47-44-41-37-35-32-29-26-23-20-17-14-11-8-5-2/h21,24,30,33,74H,4-20,22-23,25-29,31-32,34-73H2,1-3H3/b24-21-,33-30-. The topological polar surface area (TPSA) is 78.9 Å². The molecule has 6 nitrogen and oxygen atoms in total. The van der Waals surface area contributed by atoms with Crippen molar-refractivity contribution in [2.75, 3.05) is 13.2 Å². The van der Waals surface area contributed by atoms with E-state index < -0.39 is 6.10 Å². The van der Waals surface area contributed by atoms with Gasteiger partial charge >= 0.3 is 17.9 Å². The Morgan fingerprint density at radius 1 is 0.241 bits per heavy atom. The third kappa shape index (κ3) is 70.5. The van der Waals surface area contributed by atoms with Crippen LogP contribution in [-0.4, -0.2) is 37.2 Å². The number of rotatable bonds is 71. The van der Waals surface area contributed by atoms with Crippen molar-refractivity contribution in [1.29, 1.82) is 0 Å². The molecule has 0 rings (SSSR count). The lowest BCUT2D eigenvalue weighted by molar-refractivity contribution is -0.167.